The molecular formula is C12H23NO2. The standard InChI is InChI=1S/C12H23NO2/c1-15-12-6-8-13(9-7-12)10-2-4-11(14)5-3-10/h10-12,14H,2-9H2,1H3. The molecule has 3 heteroatoms. The van der Waals surface area contributed by atoms with Gasteiger partial charge in [0.15, 0.2) is 0 Å². The first-order valence-electron chi connectivity index (χ1n) is 6.24. The fourth-order valence-corrected chi connectivity index (χ4v) is 2.90. The second-order valence-electron chi connectivity index (χ2n) is 4.93. The van der Waals surface area contributed by atoms with Crippen LogP contribution in [0.1, 0.15) is 38.5 Å². The lowest BCUT2D eigenvalue weighted by molar-refractivity contribution is 0.00958. The van der Waals surface area contributed by atoms with E-state index < -0.39 is 0 Å². The molecule has 1 heterocycles. The summed E-state index contributed by atoms with van der Waals surface area (Å²) in [7, 11) is 1.82. The Morgan fingerprint density at radius 1 is 1.00 bits per heavy atom. The molecule has 1 saturated heterocycles. The van der Waals surface area contributed by atoms with Gasteiger partial charge in [-0.1, -0.05) is 0 Å². The predicted octanol–water partition coefficient (Wildman–Crippen LogP) is 1.40. The van der Waals surface area contributed by atoms with Crippen molar-refractivity contribution in [1.29, 1.82) is 0 Å². The van der Waals surface area contributed by atoms with E-state index in [2.05, 4.69) is 4.90 Å². The number of hydrogen-bond donors (Lipinski definition) is 1. The van der Waals surface area contributed by atoms with E-state index in [4.69, 9.17) is 4.74 Å². The zero-order valence-corrected chi connectivity index (χ0v) is 9.69. The third kappa shape index (κ3) is 2.92. The summed E-state index contributed by atoms with van der Waals surface area (Å²) in [5, 5.41) is 9.47. The highest BCUT2D eigenvalue weighted by atomic mass is 16.5. The van der Waals surface area contributed by atoms with Crippen molar-refractivity contribution in [2.75, 3.05) is 20.2 Å². The maximum Gasteiger partial charge on any atom is 0.0595 e. The van der Waals surface area contributed by atoms with Crippen LogP contribution >= 0.6 is 0 Å². The molecule has 88 valence electrons. The van der Waals surface area contributed by atoms with Crippen LogP contribution in [0, 0.1) is 0 Å². The quantitative estimate of drug-likeness (QED) is 0.752. The number of ether oxygens (including phenoxy) is 1. The first kappa shape index (κ1) is 11.4. The molecule has 0 unspecified atom stereocenters. The molecule has 3 nitrogen and oxygen atoms in total. The number of aliphatic hydroxyl groups excluding tert-OH is 1. The van der Waals surface area contributed by atoms with Crippen molar-refractivity contribution in [2.24, 2.45) is 0 Å². The molecule has 2 aliphatic rings. The van der Waals surface area contributed by atoms with Gasteiger partial charge >= 0.3 is 0 Å². The Morgan fingerprint density at radius 2 is 1.60 bits per heavy atom. The van der Waals surface area contributed by atoms with E-state index in [1.165, 1.54) is 38.8 Å². The van der Waals surface area contributed by atoms with Gasteiger partial charge in [-0.05, 0) is 38.5 Å². The lowest BCUT2D eigenvalue weighted by atomic mass is 9.90. The molecule has 0 aromatic rings. The van der Waals surface area contributed by atoms with Gasteiger partial charge in [0.05, 0.1) is 12.2 Å². The molecule has 0 amide bonds. The summed E-state index contributed by atoms with van der Waals surface area (Å²) in [6.45, 7) is 2.36. The largest absolute Gasteiger partial charge is 0.393 e. The number of likely N-dealkylation sites (tertiary alicyclic amines) is 1. The van der Waals surface area contributed by atoms with E-state index in [1.54, 1.807) is 0 Å². The zero-order chi connectivity index (χ0) is 10.7. The number of piperidine rings is 1. The van der Waals surface area contributed by atoms with Gasteiger partial charge in [-0.15, -0.1) is 0 Å². The first-order valence-corrected chi connectivity index (χ1v) is 6.24. The minimum Gasteiger partial charge on any atom is -0.393 e. The number of methoxy groups -OCH3 is 1. The van der Waals surface area contributed by atoms with Crippen molar-refractivity contribution in [3.63, 3.8) is 0 Å². The number of hydrogen-bond acceptors (Lipinski definition) is 3. The summed E-state index contributed by atoms with van der Waals surface area (Å²) >= 11 is 0. The molecule has 0 bridgehead atoms. The van der Waals surface area contributed by atoms with E-state index in [0.717, 1.165) is 18.9 Å². The SMILES string of the molecule is COC1CCN(C2CCC(O)CC2)CC1. The van der Waals surface area contributed by atoms with Crippen molar-refractivity contribution in [2.45, 2.75) is 56.8 Å². The molecule has 0 spiro atoms. The van der Waals surface area contributed by atoms with Crippen molar-refractivity contribution in [3.8, 4) is 0 Å². The second kappa shape index (κ2) is 5.28. The van der Waals surface area contributed by atoms with Gasteiger partial charge in [-0.3, -0.25) is 0 Å². The van der Waals surface area contributed by atoms with E-state index in [0.29, 0.717) is 6.10 Å². The molecule has 0 radical (unpaired) electrons. The van der Waals surface area contributed by atoms with Crippen LogP contribution in [0.4, 0.5) is 0 Å². The Kier molecular flexibility index (Phi) is 4.00. The smallest absolute Gasteiger partial charge is 0.0595 e. The van der Waals surface area contributed by atoms with Crippen molar-refractivity contribution < 1.29 is 9.84 Å². The molecule has 1 N–H and O–H groups in total. The highest BCUT2D eigenvalue weighted by molar-refractivity contribution is 4.83. The summed E-state index contributed by atoms with van der Waals surface area (Å²) in [5.74, 6) is 0. The molecule has 1 aliphatic carbocycles. The minimum atomic E-state index is -0.0298. The molecule has 0 aromatic heterocycles. The van der Waals surface area contributed by atoms with E-state index >= 15 is 0 Å². The highest BCUT2D eigenvalue weighted by Crippen LogP contribution is 2.26. The van der Waals surface area contributed by atoms with Crippen LogP contribution in [-0.2, 0) is 4.74 Å². The summed E-state index contributed by atoms with van der Waals surface area (Å²) in [5.41, 5.74) is 0. The summed E-state index contributed by atoms with van der Waals surface area (Å²) in [6.07, 6.45) is 7.15. The maximum atomic E-state index is 9.47. The number of nitrogens with zero attached hydrogens (tertiary/aromatic N) is 1. The number of rotatable bonds is 2. The van der Waals surface area contributed by atoms with Gasteiger partial charge in [0.1, 0.15) is 0 Å². The van der Waals surface area contributed by atoms with Crippen LogP contribution in [0.3, 0.4) is 0 Å². The molecule has 2 rings (SSSR count). The Hall–Kier alpha value is -0.120. The normalized spacial score (nSPS) is 35.6. The number of aliphatic hydroxyl groups is 1. The molecule has 0 atom stereocenters. The van der Waals surface area contributed by atoms with Gasteiger partial charge in [-0.25, -0.2) is 0 Å². The summed E-state index contributed by atoms with van der Waals surface area (Å²) in [4.78, 5) is 2.60. The van der Waals surface area contributed by atoms with Crippen molar-refractivity contribution >= 4 is 0 Å². The van der Waals surface area contributed by atoms with Crippen LogP contribution < -0.4 is 0 Å². The highest BCUT2D eigenvalue weighted by Gasteiger charge is 2.27. The average Bonchev–Trinajstić information content (AvgIpc) is 2.30. The Labute approximate surface area is 92.4 Å². The van der Waals surface area contributed by atoms with Gasteiger partial charge in [0, 0.05) is 26.2 Å². The van der Waals surface area contributed by atoms with Crippen molar-refractivity contribution in [3.05, 3.63) is 0 Å². The van der Waals surface area contributed by atoms with Crippen LogP contribution in [0.5, 0.6) is 0 Å². The maximum absolute atomic E-state index is 9.47. The van der Waals surface area contributed by atoms with Crippen LogP contribution in [0.2, 0.25) is 0 Å². The lowest BCUT2D eigenvalue weighted by Gasteiger charge is -2.39. The first-order chi connectivity index (χ1) is 7.29. The molecule has 0 aromatic carbocycles. The monoisotopic (exact) mass is 213 g/mol. The van der Waals surface area contributed by atoms with Gasteiger partial charge in [0.2, 0.25) is 0 Å². The Morgan fingerprint density at radius 3 is 2.13 bits per heavy atom. The van der Waals surface area contributed by atoms with Gasteiger partial charge in [0.25, 0.3) is 0 Å². The van der Waals surface area contributed by atoms with E-state index in [-0.39, 0.29) is 6.10 Å². The fourth-order valence-electron chi connectivity index (χ4n) is 2.90. The fraction of sp³-hybridized carbons (Fsp3) is 1.00. The third-order valence-electron chi connectivity index (χ3n) is 3.99. The van der Waals surface area contributed by atoms with Crippen LogP contribution in [0.15, 0.2) is 0 Å². The summed E-state index contributed by atoms with van der Waals surface area (Å²) in [6, 6.07) is 0.728. The minimum absolute atomic E-state index is 0.0298. The molecule has 1 saturated carbocycles. The van der Waals surface area contributed by atoms with Crippen LogP contribution in [-0.4, -0.2) is 48.5 Å². The van der Waals surface area contributed by atoms with Gasteiger partial charge in [-0.2, -0.15) is 0 Å². The second-order valence-corrected chi connectivity index (χ2v) is 4.93. The predicted molar refractivity (Wildman–Crippen MR) is 59.9 cm³/mol. The lowest BCUT2D eigenvalue weighted by Crippen LogP contribution is -2.45. The van der Waals surface area contributed by atoms with Crippen LogP contribution in [0.25, 0.3) is 0 Å². The van der Waals surface area contributed by atoms with Gasteiger partial charge < -0.3 is 14.7 Å². The molecule has 15 heavy (non-hydrogen) atoms. The van der Waals surface area contributed by atoms with Crippen molar-refractivity contribution in [1.82, 2.24) is 4.90 Å². The third-order valence-corrected chi connectivity index (χ3v) is 3.99. The zero-order valence-electron chi connectivity index (χ0n) is 9.69. The summed E-state index contributed by atoms with van der Waals surface area (Å²) < 4.78 is 5.38. The molecule has 1 aliphatic heterocycles. The van der Waals surface area contributed by atoms with E-state index in [9.17, 15) is 5.11 Å². The molecular weight excluding hydrogens is 190 g/mol. The average molecular weight is 213 g/mol. The topological polar surface area (TPSA) is 32.7 Å². The van der Waals surface area contributed by atoms with E-state index in [1.807, 2.05) is 7.11 Å². The Bertz CT molecular complexity index is 182. The Balaban J connectivity index is 1.75. The molecule has 2 fully saturated rings.